The Bertz CT molecular complexity index is 925. The van der Waals surface area contributed by atoms with E-state index in [1.54, 1.807) is 11.8 Å². The second-order valence-electron chi connectivity index (χ2n) is 5.95. The molecule has 0 spiro atoms. The van der Waals surface area contributed by atoms with Crippen LogP contribution in [0.2, 0.25) is 0 Å². The van der Waals surface area contributed by atoms with Crippen LogP contribution in [-0.2, 0) is 0 Å². The van der Waals surface area contributed by atoms with Crippen molar-refractivity contribution in [3.63, 3.8) is 0 Å². The number of methoxy groups -OCH3 is 1. The van der Waals surface area contributed by atoms with Crippen LogP contribution >= 0.6 is 0 Å². The number of nitrogens with one attached hydrogen (secondary N) is 1. The Morgan fingerprint density at radius 3 is 2.62 bits per heavy atom. The third-order valence-corrected chi connectivity index (χ3v) is 3.69. The highest BCUT2D eigenvalue weighted by molar-refractivity contribution is 5.60. The molecule has 0 aliphatic rings. The highest BCUT2D eigenvalue weighted by Crippen LogP contribution is 2.28. The number of benzene rings is 1. The van der Waals surface area contributed by atoms with E-state index in [9.17, 15) is 4.79 Å². The van der Waals surface area contributed by atoms with Crippen LogP contribution in [0.4, 0.5) is 0 Å². The fourth-order valence-corrected chi connectivity index (χ4v) is 2.54. The monoisotopic (exact) mass is 324 g/mol. The van der Waals surface area contributed by atoms with Gasteiger partial charge in [-0.05, 0) is 25.1 Å². The quantitative estimate of drug-likeness (QED) is 0.800. The third kappa shape index (κ3) is 2.95. The van der Waals surface area contributed by atoms with E-state index in [4.69, 9.17) is 4.74 Å². The largest absolute Gasteiger partial charge is 0.494 e. The Morgan fingerprint density at radius 1 is 1.21 bits per heavy atom. The molecular formula is C18H20N4O2. The number of rotatable bonds is 4. The Labute approximate surface area is 140 Å². The van der Waals surface area contributed by atoms with Crippen LogP contribution in [0.15, 0.2) is 41.2 Å². The molecule has 0 aliphatic carbocycles. The van der Waals surface area contributed by atoms with Gasteiger partial charge in [0, 0.05) is 23.2 Å². The number of para-hydroxylation sites is 2. The van der Waals surface area contributed by atoms with Crippen molar-refractivity contribution in [1.29, 1.82) is 0 Å². The van der Waals surface area contributed by atoms with Gasteiger partial charge in [-0.15, -0.1) is 0 Å². The highest BCUT2D eigenvalue weighted by Gasteiger charge is 2.18. The zero-order valence-electron chi connectivity index (χ0n) is 14.2. The maximum atomic E-state index is 11.9. The van der Waals surface area contributed by atoms with Crippen molar-refractivity contribution in [3.8, 4) is 22.8 Å². The normalized spacial score (nSPS) is 11.0. The van der Waals surface area contributed by atoms with E-state index in [0.717, 1.165) is 16.9 Å². The molecule has 124 valence electrons. The van der Waals surface area contributed by atoms with Gasteiger partial charge in [-0.1, -0.05) is 26.0 Å². The van der Waals surface area contributed by atoms with Crippen molar-refractivity contribution in [2.45, 2.75) is 26.7 Å². The number of aromatic nitrogens is 4. The highest BCUT2D eigenvalue weighted by atomic mass is 16.5. The number of pyridine rings is 1. The van der Waals surface area contributed by atoms with Crippen LogP contribution in [0.3, 0.4) is 0 Å². The van der Waals surface area contributed by atoms with Gasteiger partial charge >= 0.3 is 0 Å². The summed E-state index contributed by atoms with van der Waals surface area (Å²) < 4.78 is 7.19. The van der Waals surface area contributed by atoms with Gasteiger partial charge in [-0.3, -0.25) is 4.79 Å². The summed E-state index contributed by atoms with van der Waals surface area (Å²) in [5.41, 5.74) is 2.12. The summed E-state index contributed by atoms with van der Waals surface area (Å²) in [7, 11) is 1.62. The maximum absolute atomic E-state index is 11.9. The minimum absolute atomic E-state index is 0.161. The Hall–Kier alpha value is -2.89. The SMILES string of the molecule is COc1ccccc1-n1nc(C(C)C)nc1-c1cc(C)[nH]c(=O)c1. The van der Waals surface area contributed by atoms with Crippen LogP contribution < -0.4 is 10.3 Å². The van der Waals surface area contributed by atoms with Crippen LogP contribution in [0.25, 0.3) is 17.1 Å². The number of nitrogens with zero attached hydrogens (tertiary/aromatic N) is 3. The Morgan fingerprint density at radius 2 is 1.96 bits per heavy atom. The molecule has 0 aliphatic heterocycles. The van der Waals surface area contributed by atoms with Gasteiger partial charge in [-0.2, -0.15) is 5.10 Å². The average molecular weight is 324 g/mol. The molecule has 2 aromatic heterocycles. The minimum Gasteiger partial charge on any atom is -0.494 e. The second kappa shape index (κ2) is 6.31. The number of aryl methyl sites for hydroxylation is 1. The average Bonchev–Trinajstić information content (AvgIpc) is 2.99. The molecule has 0 atom stereocenters. The van der Waals surface area contributed by atoms with Crippen molar-refractivity contribution in [2.75, 3.05) is 7.11 Å². The van der Waals surface area contributed by atoms with Crippen molar-refractivity contribution in [1.82, 2.24) is 19.7 Å². The standard InChI is InChI=1S/C18H20N4O2/c1-11(2)17-20-18(13-9-12(3)19-16(23)10-13)22(21-17)14-7-5-6-8-15(14)24-4/h5-11H,1-4H3,(H,19,23). The van der Waals surface area contributed by atoms with E-state index in [1.807, 2.05) is 51.1 Å². The van der Waals surface area contributed by atoms with Gasteiger partial charge in [0.05, 0.1) is 7.11 Å². The molecule has 24 heavy (non-hydrogen) atoms. The van der Waals surface area contributed by atoms with Crippen molar-refractivity contribution in [3.05, 3.63) is 58.3 Å². The van der Waals surface area contributed by atoms with Crippen LogP contribution in [0.1, 0.15) is 31.3 Å². The number of ether oxygens (including phenoxy) is 1. The van der Waals surface area contributed by atoms with Gasteiger partial charge in [0.2, 0.25) is 5.56 Å². The van der Waals surface area contributed by atoms with Crippen molar-refractivity contribution < 1.29 is 4.74 Å². The van der Waals surface area contributed by atoms with E-state index >= 15 is 0 Å². The third-order valence-electron chi connectivity index (χ3n) is 3.69. The maximum Gasteiger partial charge on any atom is 0.248 e. The van der Waals surface area contributed by atoms with Gasteiger partial charge in [0.15, 0.2) is 11.6 Å². The Kier molecular flexibility index (Phi) is 4.20. The molecule has 3 rings (SSSR count). The molecule has 1 aromatic carbocycles. The summed E-state index contributed by atoms with van der Waals surface area (Å²) in [6, 6.07) is 11.0. The summed E-state index contributed by atoms with van der Waals surface area (Å²) in [5, 5.41) is 4.64. The molecule has 0 amide bonds. The predicted octanol–water partition coefficient (Wildman–Crippen LogP) is 3.06. The summed E-state index contributed by atoms with van der Waals surface area (Å²) in [4.78, 5) is 19.3. The molecule has 0 unspecified atom stereocenters. The van der Waals surface area contributed by atoms with Crippen LogP contribution in [0.5, 0.6) is 5.75 Å². The molecule has 2 heterocycles. The predicted molar refractivity (Wildman–Crippen MR) is 92.8 cm³/mol. The van der Waals surface area contributed by atoms with Gasteiger partial charge in [-0.25, -0.2) is 9.67 Å². The lowest BCUT2D eigenvalue weighted by Gasteiger charge is -2.10. The molecule has 1 N–H and O–H groups in total. The Balaban J connectivity index is 2.27. The van der Waals surface area contributed by atoms with E-state index < -0.39 is 0 Å². The van der Waals surface area contributed by atoms with E-state index in [1.165, 1.54) is 6.07 Å². The smallest absolute Gasteiger partial charge is 0.248 e. The summed E-state index contributed by atoms with van der Waals surface area (Å²) >= 11 is 0. The lowest BCUT2D eigenvalue weighted by Crippen LogP contribution is -2.08. The van der Waals surface area contributed by atoms with E-state index in [2.05, 4.69) is 15.1 Å². The van der Waals surface area contributed by atoms with E-state index in [0.29, 0.717) is 17.4 Å². The van der Waals surface area contributed by atoms with Gasteiger partial charge in [0.25, 0.3) is 0 Å². The molecule has 0 radical (unpaired) electrons. The summed E-state index contributed by atoms with van der Waals surface area (Å²) in [5.74, 6) is 2.20. The zero-order chi connectivity index (χ0) is 17.3. The van der Waals surface area contributed by atoms with Crippen molar-refractivity contribution >= 4 is 0 Å². The number of hydrogen-bond acceptors (Lipinski definition) is 4. The number of aromatic amines is 1. The first kappa shape index (κ1) is 16.0. The topological polar surface area (TPSA) is 72.8 Å². The first-order valence-corrected chi connectivity index (χ1v) is 7.81. The zero-order valence-corrected chi connectivity index (χ0v) is 14.2. The molecule has 6 heteroatoms. The second-order valence-corrected chi connectivity index (χ2v) is 5.95. The number of hydrogen-bond donors (Lipinski definition) is 1. The fraction of sp³-hybridized carbons (Fsp3) is 0.278. The van der Waals surface area contributed by atoms with Gasteiger partial charge in [0.1, 0.15) is 11.4 Å². The van der Waals surface area contributed by atoms with E-state index in [-0.39, 0.29) is 11.5 Å². The molecule has 0 saturated heterocycles. The summed E-state index contributed by atoms with van der Waals surface area (Å²) in [6.07, 6.45) is 0. The van der Waals surface area contributed by atoms with Crippen LogP contribution in [0, 0.1) is 6.92 Å². The van der Waals surface area contributed by atoms with Crippen molar-refractivity contribution in [2.24, 2.45) is 0 Å². The minimum atomic E-state index is -0.161. The number of H-pyrrole nitrogens is 1. The first-order chi connectivity index (χ1) is 11.5. The van der Waals surface area contributed by atoms with Gasteiger partial charge < -0.3 is 9.72 Å². The molecule has 0 bridgehead atoms. The summed E-state index contributed by atoms with van der Waals surface area (Å²) in [6.45, 7) is 5.92. The lowest BCUT2D eigenvalue weighted by atomic mass is 10.2. The molecule has 0 saturated carbocycles. The molecule has 0 fully saturated rings. The fourth-order valence-electron chi connectivity index (χ4n) is 2.54. The first-order valence-electron chi connectivity index (χ1n) is 7.81. The molecule has 3 aromatic rings. The lowest BCUT2D eigenvalue weighted by molar-refractivity contribution is 0.411. The molecule has 6 nitrogen and oxygen atoms in total. The molecular weight excluding hydrogens is 304 g/mol. The van der Waals surface area contributed by atoms with Crippen LogP contribution in [-0.4, -0.2) is 26.9 Å².